The number of hydrogen-bond donors (Lipinski definition) is 2. The van der Waals surface area contributed by atoms with Crippen LogP contribution >= 0.6 is 0 Å². The van der Waals surface area contributed by atoms with Gasteiger partial charge in [-0.15, -0.1) is 0 Å². The molecule has 2 atom stereocenters. The lowest BCUT2D eigenvalue weighted by Crippen LogP contribution is -2.38. The van der Waals surface area contributed by atoms with Gasteiger partial charge in [0.2, 0.25) is 0 Å². The maximum Gasteiger partial charge on any atom is 0.0215 e. The Kier molecular flexibility index (Phi) is 9.54. The van der Waals surface area contributed by atoms with Gasteiger partial charge >= 0.3 is 0 Å². The first-order chi connectivity index (χ1) is 9.30. The van der Waals surface area contributed by atoms with Crippen molar-refractivity contribution in [3.63, 3.8) is 0 Å². The lowest BCUT2D eigenvalue weighted by atomic mass is 9.86. The summed E-state index contributed by atoms with van der Waals surface area (Å²) in [5.41, 5.74) is 3.11. The van der Waals surface area contributed by atoms with E-state index in [2.05, 4.69) is 19.3 Å². The zero-order valence-electron chi connectivity index (χ0n) is 13.3. The lowest BCUT2D eigenvalue weighted by molar-refractivity contribution is 0.291. The van der Waals surface area contributed by atoms with Crippen LogP contribution < -0.4 is 11.3 Å². The fourth-order valence-electron chi connectivity index (χ4n) is 3.62. The van der Waals surface area contributed by atoms with Gasteiger partial charge < -0.3 is 0 Å². The highest BCUT2D eigenvalue weighted by Crippen LogP contribution is 2.29. The summed E-state index contributed by atoms with van der Waals surface area (Å²) in [6.45, 7) is 4.62. The zero-order chi connectivity index (χ0) is 13.9. The monoisotopic (exact) mass is 268 g/mol. The molecule has 1 fully saturated rings. The maximum absolute atomic E-state index is 5.81. The second-order valence-electron chi connectivity index (χ2n) is 6.61. The van der Waals surface area contributed by atoms with E-state index >= 15 is 0 Å². The molecule has 0 spiro atoms. The standard InChI is InChI=1S/C17H36N2/c1-3-5-10-15(4-2)13-17(19-18)14-16-11-8-6-7-9-12-16/h15-17,19H,3-14,18H2,1-2H3. The summed E-state index contributed by atoms with van der Waals surface area (Å²) in [4.78, 5) is 0. The highest BCUT2D eigenvalue weighted by Gasteiger charge is 2.20. The highest BCUT2D eigenvalue weighted by molar-refractivity contribution is 4.75. The van der Waals surface area contributed by atoms with E-state index < -0.39 is 0 Å². The number of hydrazine groups is 1. The molecule has 0 aliphatic heterocycles. The van der Waals surface area contributed by atoms with Crippen molar-refractivity contribution in [1.29, 1.82) is 0 Å². The van der Waals surface area contributed by atoms with Gasteiger partial charge in [-0.25, -0.2) is 0 Å². The molecular formula is C17H36N2. The van der Waals surface area contributed by atoms with Crippen LogP contribution in [0.15, 0.2) is 0 Å². The Morgan fingerprint density at radius 2 is 1.79 bits per heavy atom. The number of nitrogens with one attached hydrogen (secondary N) is 1. The van der Waals surface area contributed by atoms with Gasteiger partial charge in [-0.05, 0) is 24.7 Å². The summed E-state index contributed by atoms with van der Waals surface area (Å²) in [5, 5.41) is 0. The van der Waals surface area contributed by atoms with Crippen molar-refractivity contribution < 1.29 is 0 Å². The third-order valence-electron chi connectivity index (χ3n) is 4.99. The summed E-state index contributed by atoms with van der Waals surface area (Å²) in [6.07, 6.45) is 16.6. The first-order valence-electron chi connectivity index (χ1n) is 8.76. The zero-order valence-corrected chi connectivity index (χ0v) is 13.3. The molecule has 0 aromatic carbocycles. The van der Waals surface area contributed by atoms with Gasteiger partial charge in [-0.1, -0.05) is 78.1 Å². The fourth-order valence-corrected chi connectivity index (χ4v) is 3.62. The molecule has 114 valence electrons. The summed E-state index contributed by atoms with van der Waals surface area (Å²) in [5.74, 6) is 7.60. The molecule has 3 N–H and O–H groups in total. The molecule has 1 rings (SSSR count). The van der Waals surface area contributed by atoms with Crippen LogP contribution in [0.1, 0.15) is 90.9 Å². The van der Waals surface area contributed by atoms with Crippen LogP contribution in [-0.2, 0) is 0 Å². The minimum atomic E-state index is 0.546. The van der Waals surface area contributed by atoms with Crippen molar-refractivity contribution in [2.45, 2.75) is 96.9 Å². The molecule has 0 bridgehead atoms. The van der Waals surface area contributed by atoms with Gasteiger partial charge in [0.25, 0.3) is 0 Å². The Morgan fingerprint density at radius 1 is 1.11 bits per heavy atom. The first kappa shape index (κ1) is 17.0. The summed E-state index contributed by atoms with van der Waals surface area (Å²) in [7, 11) is 0. The van der Waals surface area contributed by atoms with Gasteiger partial charge in [-0.2, -0.15) is 0 Å². The number of rotatable bonds is 9. The molecule has 1 aliphatic rings. The van der Waals surface area contributed by atoms with Gasteiger partial charge in [-0.3, -0.25) is 11.3 Å². The number of unbranched alkanes of at least 4 members (excludes halogenated alkanes) is 1. The molecule has 0 amide bonds. The molecule has 0 saturated heterocycles. The SMILES string of the molecule is CCCCC(CC)CC(CC1CCCCCC1)NN. The van der Waals surface area contributed by atoms with Crippen LogP contribution in [0.5, 0.6) is 0 Å². The van der Waals surface area contributed by atoms with Crippen LogP contribution in [0.4, 0.5) is 0 Å². The Morgan fingerprint density at radius 3 is 2.32 bits per heavy atom. The topological polar surface area (TPSA) is 38.0 Å². The predicted octanol–water partition coefficient (Wildman–Crippen LogP) is 4.79. The molecule has 2 heteroatoms. The Labute approximate surface area is 120 Å². The average Bonchev–Trinajstić information content (AvgIpc) is 2.70. The Hall–Kier alpha value is -0.0800. The number of hydrogen-bond acceptors (Lipinski definition) is 2. The third-order valence-corrected chi connectivity index (χ3v) is 4.99. The summed E-state index contributed by atoms with van der Waals surface area (Å²) in [6, 6.07) is 0.546. The van der Waals surface area contributed by atoms with Gasteiger partial charge in [0.15, 0.2) is 0 Å². The molecule has 2 unspecified atom stereocenters. The second-order valence-corrected chi connectivity index (χ2v) is 6.61. The van der Waals surface area contributed by atoms with E-state index in [0.29, 0.717) is 6.04 Å². The first-order valence-corrected chi connectivity index (χ1v) is 8.76. The molecule has 0 aromatic rings. The van der Waals surface area contributed by atoms with Gasteiger partial charge in [0.1, 0.15) is 0 Å². The van der Waals surface area contributed by atoms with Crippen molar-refractivity contribution in [1.82, 2.24) is 5.43 Å². The van der Waals surface area contributed by atoms with E-state index in [1.54, 1.807) is 0 Å². The van der Waals surface area contributed by atoms with Crippen LogP contribution in [0, 0.1) is 11.8 Å². The van der Waals surface area contributed by atoms with E-state index in [9.17, 15) is 0 Å². The fraction of sp³-hybridized carbons (Fsp3) is 1.00. The summed E-state index contributed by atoms with van der Waals surface area (Å²) >= 11 is 0. The van der Waals surface area contributed by atoms with Gasteiger partial charge in [0, 0.05) is 6.04 Å². The Bertz CT molecular complexity index is 197. The molecule has 1 saturated carbocycles. The minimum absolute atomic E-state index is 0.546. The molecular weight excluding hydrogens is 232 g/mol. The Balaban J connectivity index is 2.33. The quantitative estimate of drug-likeness (QED) is 0.358. The minimum Gasteiger partial charge on any atom is -0.271 e. The predicted molar refractivity (Wildman–Crippen MR) is 84.8 cm³/mol. The van der Waals surface area contributed by atoms with Crippen molar-refractivity contribution in [3.05, 3.63) is 0 Å². The third kappa shape index (κ3) is 7.31. The molecule has 1 aliphatic carbocycles. The van der Waals surface area contributed by atoms with E-state index in [0.717, 1.165) is 11.8 Å². The largest absolute Gasteiger partial charge is 0.271 e. The molecule has 19 heavy (non-hydrogen) atoms. The summed E-state index contributed by atoms with van der Waals surface area (Å²) < 4.78 is 0. The average molecular weight is 268 g/mol. The van der Waals surface area contributed by atoms with Crippen molar-refractivity contribution in [3.8, 4) is 0 Å². The lowest BCUT2D eigenvalue weighted by Gasteiger charge is -2.26. The molecule has 0 radical (unpaired) electrons. The van der Waals surface area contributed by atoms with Crippen molar-refractivity contribution in [2.75, 3.05) is 0 Å². The molecule has 0 heterocycles. The highest BCUT2D eigenvalue weighted by atomic mass is 15.2. The van der Waals surface area contributed by atoms with E-state index in [4.69, 9.17) is 5.84 Å². The van der Waals surface area contributed by atoms with E-state index in [1.807, 2.05) is 0 Å². The smallest absolute Gasteiger partial charge is 0.0215 e. The maximum atomic E-state index is 5.81. The van der Waals surface area contributed by atoms with Crippen LogP contribution in [0.25, 0.3) is 0 Å². The molecule has 0 aromatic heterocycles. The molecule has 2 nitrogen and oxygen atoms in total. The normalized spacial score (nSPS) is 21.0. The van der Waals surface area contributed by atoms with Crippen LogP contribution in [-0.4, -0.2) is 6.04 Å². The van der Waals surface area contributed by atoms with E-state index in [-0.39, 0.29) is 0 Å². The van der Waals surface area contributed by atoms with Crippen LogP contribution in [0.3, 0.4) is 0 Å². The van der Waals surface area contributed by atoms with Gasteiger partial charge in [0.05, 0.1) is 0 Å². The number of nitrogens with two attached hydrogens (primary N) is 1. The van der Waals surface area contributed by atoms with Crippen molar-refractivity contribution >= 4 is 0 Å². The second kappa shape index (κ2) is 10.7. The van der Waals surface area contributed by atoms with E-state index in [1.165, 1.54) is 77.0 Å². The van der Waals surface area contributed by atoms with Crippen molar-refractivity contribution in [2.24, 2.45) is 17.7 Å². The van der Waals surface area contributed by atoms with Crippen LogP contribution in [0.2, 0.25) is 0 Å².